The van der Waals surface area contributed by atoms with Crippen LogP contribution in [0.3, 0.4) is 0 Å². The number of piperidine rings is 1. The van der Waals surface area contributed by atoms with Gasteiger partial charge in [-0.05, 0) is 50.3 Å². The molecule has 1 fully saturated rings. The van der Waals surface area contributed by atoms with Crippen molar-refractivity contribution in [3.63, 3.8) is 0 Å². The molecule has 1 aliphatic rings. The molecule has 1 N–H and O–H groups in total. The Labute approximate surface area is 133 Å². The molecule has 0 bridgehead atoms. The van der Waals surface area contributed by atoms with Crippen LogP contribution in [0, 0.1) is 6.92 Å². The van der Waals surface area contributed by atoms with Gasteiger partial charge >= 0.3 is 5.97 Å². The highest BCUT2D eigenvalue weighted by atomic mass is 79.9. The van der Waals surface area contributed by atoms with Gasteiger partial charge in [0.05, 0.1) is 0 Å². The summed E-state index contributed by atoms with van der Waals surface area (Å²) in [6, 6.07) is 5.66. The van der Waals surface area contributed by atoms with Crippen molar-refractivity contribution < 1.29 is 14.7 Å². The molecule has 1 unspecified atom stereocenters. The Kier molecular flexibility index (Phi) is 5.39. The van der Waals surface area contributed by atoms with Crippen LogP contribution in [0.5, 0.6) is 0 Å². The number of carbonyl (C=O) groups is 2. The van der Waals surface area contributed by atoms with E-state index in [1.54, 1.807) is 0 Å². The van der Waals surface area contributed by atoms with Crippen molar-refractivity contribution in [2.45, 2.75) is 45.1 Å². The highest BCUT2D eigenvalue weighted by molar-refractivity contribution is 9.10. The van der Waals surface area contributed by atoms with E-state index in [0.717, 1.165) is 35.8 Å². The minimum atomic E-state index is -0.799. The molecule has 0 aromatic heterocycles. The molecular formula is C16H20BrNO3. The second-order valence-electron chi connectivity index (χ2n) is 5.49. The van der Waals surface area contributed by atoms with Crippen molar-refractivity contribution in [3.05, 3.63) is 33.8 Å². The van der Waals surface area contributed by atoms with Crippen LogP contribution >= 0.6 is 15.9 Å². The maximum atomic E-state index is 12.8. The number of nitrogens with zero attached hydrogens (tertiary/aromatic N) is 1. The van der Waals surface area contributed by atoms with Crippen LogP contribution in [0.4, 0.5) is 0 Å². The first-order valence-electron chi connectivity index (χ1n) is 7.28. The Balaban J connectivity index is 2.18. The highest BCUT2D eigenvalue weighted by Gasteiger charge is 2.28. The largest absolute Gasteiger partial charge is 0.481 e. The topological polar surface area (TPSA) is 57.6 Å². The van der Waals surface area contributed by atoms with Gasteiger partial charge in [-0.3, -0.25) is 9.59 Å². The zero-order valence-corrected chi connectivity index (χ0v) is 13.7. The summed E-state index contributed by atoms with van der Waals surface area (Å²) in [6.45, 7) is 2.64. The van der Waals surface area contributed by atoms with E-state index in [1.165, 1.54) is 0 Å². The molecular weight excluding hydrogens is 334 g/mol. The molecule has 0 spiro atoms. The molecule has 5 heteroatoms. The average Bonchev–Trinajstić information content (AvgIpc) is 2.47. The van der Waals surface area contributed by atoms with E-state index in [4.69, 9.17) is 5.11 Å². The van der Waals surface area contributed by atoms with Gasteiger partial charge in [0.15, 0.2) is 0 Å². The second-order valence-corrected chi connectivity index (χ2v) is 6.35. The number of halogens is 1. The Bertz CT molecular complexity index is 544. The normalized spacial score (nSPS) is 18.6. The number of rotatable bonds is 4. The number of amides is 1. The van der Waals surface area contributed by atoms with E-state index in [0.29, 0.717) is 12.0 Å². The molecule has 1 aliphatic heterocycles. The van der Waals surface area contributed by atoms with Crippen molar-refractivity contribution in [3.8, 4) is 0 Å². The minimum absolute atomic E-state index is 0.0175. The maximum Gasteiger partial charge on any atom is 0.303 e. The van der Waals surface area contributed by atoms with E-state index >= 15 is 0 Å². The van der Waals surface area contributed by atoms with E-state index in [2.05, 4.69) is 15.9 Å². The zero-order valence-electron chi connectivity index (χ0n) is 12.1. The van der Waals surface area contributed by atoms with Crippen LogP contribution in [0.15, 0.2) is 22.7 Å². The third kappa shape index (κ3) is 3.84. The predicted octanol–water partition coefficient (Wildman–Crippen LogP) is 3.62. The summed E-state index contributed by atoms with van der Waals surface area (Å²) in [6.07, 6.45) is 3.60. The average molecular weight is 354 g/mol. The van der Waals surface area contributed by atoms with Gasteiger partial charge in [-0.2, -0.15) is 0 Å². The maximum absolute atomic E-state index is 12.8. The van der Waals surface area contributed by atoms with Crippen molar-refractivity contribution in [2.75, 3.05) is 6.54 Å². The lowest BCUT2D eigenvalue weighted by atomic mass is 9.96. The summed E-state index contributed by atoms with van der Waals surface area (Å²) in [5, 5.41) is 8.86. The van der Waals surface area contributed by atoms with Crippen molar-refractivity contribution in [2.24, 2.45) is 0 Å². The first-order valence-corrected chi connectivity index (χ1v) is 8.08. The standard InChI is InChI=1S/C16H20BrNO3/c1-11-13(6-4-7-14(11)17)16(21)18-10-3-2-5-12(18)8-9-15(19)20/h4,6-7,12H,2-3,5,8-10H2,1H3,(H,19,20). The zero-order chi connectivity index (χ0) is 15.4. The first-order chi connectivity index (χ1) is 10.0. The van der Waals surface area contributed by atoms with Gasteiger partial charge in [-0.1, -0.05) is 22.0 Å². The summed E-state index contributed by atoms with van der Waals surface area (Å²) in [5.74, 6) is -0.782. The van der Waals surface area contributed by atoms with Crippen molar-refractivity contribution >= 4 is 27.8 Å². The fraction of sp³-hybridized carbons (Fsp3) is 0.500. The van der Waals surface area contributed by atoms with Gasteiger partial charge in [-0.25, -0.2) is 0 Å². The van der Waals surface area contributed by atoms with Gasteiger partial charge in [0.1, 0.15) is 0 Å². The van der Waals surface area contributed by atoms with E-state index in [-0.39, 0.29) is 18.4 Å². The quantitative estimate of drug-likeness (QED) is 0.899. The van der Waals surface area contributed by atoms with E-state index < -0.39 is 5.97 Å². The van der Waals surface area contributed by atoms with Gasteiger partial charge in [0.25, 0.3) is 5.91 Å². The molecule has 1 aromatic carbocycles. The second kappa shape index (κ2) is 7.07. The Morgan fingerprint density at radius 1 is 1.38 bits per heavy atom. The van der Waals surface area contributed by atoms with Crippen LogP contribution in [0.25, 0.3) is 0 Å². The van der Waals surface area contributed by atoms with Gasteiger partial charge in [0, 0.05) is 29.0 Å². The number of hydrogen-bond donors (Lipinski definition) is 1. The molecule has 0 aliphatic carbocycles. The fourth-order valence-corrected chi connectivity index (χ4v) is 3.22. The van der Waals surface area contributed by atoms with Crippen LogP contribution in [-0.2, 0) is 4.79 Å². The number of carbonyl (C=O) groups excluding carboxylic acids is 1. The van der Waals surface area contributed by atoms with Gasteiger partial charge in [0.2, 0.25) is 0 Å². The summed E-state index contributed by atoms with van der Waals surface area (Å²) in [4.78, 5) is 25.4. The molecule has 1 atom stereocenters. The molecule has 2 rings (SSSR count). The smallest absolute Gasteiger partial charge is 0.303 e. The van der Waals surface area contributed by atoms with Crippen molar-refractivity contribution in [1.82, 2.24) is 4.90 Å². The Morgan fingerprint density at radius 2 is 2.14 bits per heavy atom. The summed E-state index contributed by atoms with van der Waals surface area (Å²) in [5.41, 5.74) is 1.64. The SMILES string of the molecule is Cc1c(Br)cccc1C(=O)N1CCCCC1CCC(=O)O. The Hall–Kier alpha value is -1.36. The number of hydrogen-bond acceptors (Lipinski definition) is 2. The number of benzene rings is 1. The summed E-state index contributed by atoms with van der Waals surface area (Å²) < 4.78 is 0.924. The third-order valence-corrected chi connectivity index (χ3v) is 4.94. The minimum Gasteiger partial charge on any atom is -0.481 e. The molecule has 0 radical (unpaired) electrons. The molecule has 114 valence electrons. The lowest BCUT2D eigenvalue weighted by molar-refractivity contribution is -0.137. The van der Waals surface area contributed by atoms with E-state index in [9.17, 15) is 9.59 Å². The van der Waals surface area contributed by atoms with Gasteiger partial charge in [-0.15, -0.1) is 0 Å². The molecule has 21 heavy (non-hydrogen) atoms. The number of likely N-dealkylation sites (tertiary alicyclic amines) is 1. The van der Waals surface area contributed by atoms with Crippen LogP contribution in [0.2, 0.25) is 0 Å². The monoisotopic (exact) mass is 353 g/mol. The third-order valence-electron chi connectivity index (χ3n) is 4.08. The fourth-order valence-electron chi connectivity index (χ4n) is 2.85. The number of aliphatic carboxylic acids is 1. The predicted molar refractivity (Wildman–Crippen MR) is 84.4 cm³/mol. The lowest BCUT2D eigenvalue weighted by Crippen LogP contribution is -2.44. The molecule has 4 nitrogen and oxygen atoms in total. The molecule has 1 aromatic rings. The number of carboxylic acid groups (broad SMARTS) is 1. The van der Waals surface area contributed by atoms with Crippen molar-refractivity contribution in [1.29, 1.82) is 0 Å². The van der Waals surface area contributed by atoms with Crippen LogP contribution in [-0.4, -0.2) is 34.5 Å². The first kappa shape index (κ1) is 16.0. The van der Waals surface area contributed by atoms with Crippen LogP contribution < -0.4 is 0 Å². The van der Waals surface area contributed by atoms with Gasteiger partial charge < -0.3 is 10.0 Å². The molecule has 1 heterocycles. The molecule has 1 amide bonds. The number of carboxylic acids is 1. The summed E-state index contributed by atoms with van der Waals surface area (Å²) in [7, 11) is 0. The molecule has 1 saturated heterocycles. The lowest BCUT2D eigenvalue weighted by Gasteiger charge is -2.36. The van der Waals surface area contributed by atoms with E-state index in [1.807, 2.05) is 30.0 Å². The summed E-state index contributed by atoms with van der Waals surface area (Å²) >= 11 is 3.45. The molecule has 0 saturated carbocycles. The van der Waals surface area contributed by atoms with Crippen LogP contribution in [0.1, 0.15) is 48.0 Å². The highest BCUT2D eigenvalue weighted by Crippen LogP contribution is 2.26. The Morgan fingerprint density at radius 3 is 2.86 bits per heavy atom.